The third-order valence-corrected chi connectivity index (χ3v) is 5.57. The molecular formula is C16H30N2O2. The van der Waals surface area contributed by atoms with Gasteiger partial charge in [0.2, 0.25) is 0 Å². The Morgan fingerprint density at radius 2 is 2.00 bits per heavy atom. The van der Waals surface area contributed by atoms with E-state index in [1.54, 1.807) is 0 Å². The van der Waals surface area contributed by atoms with Crippen LogP contribution in [0.15, 0.2) is 0 Å². The van der Waals surface area contributed by atoms with Crippen LogP contribution in [0.1, 0.15) is 39.0 Å². The summed E-state index contributed by atoms with van der Waals surface area (Å²) in [6, 6.07) is 0.613. The fourth-order valence-electron chi connectivity index (χ4n) is 3.79. The van der Waals surface area contributed by atoms with Crippen LogP contribution in [-0.2, 0) is 9.47 Å². The molecule has 2 atom stereocenters. The molecule has 3 rings (SSSR count). The molecule has 3 aliphatic rings. The monoisotopic (exact) mass is 282 g/mol. The highest BCUT2D eigenvalue weighted by Crippen LogP contribution is 2.34. The summed E-state index contributed by atoms with van der Waals surface area (Å²) in [6.07, 6.45) is 5.98. The van der Waals surface area contributed by atoms with Gasteiger partial charge in [0, 0.05) is 32.2 Å². The van der Waals surface area contributed by atoms with Crippen LogP contribution >= 0.6 is 0 Å². The van der Waals surface area contributed by atoms with Crippen molar-refractivity contribution in [2.24, 2.45) is 5.41 Å². The van der Waals surface area contributed by atoms with E-state index in [1.165, 1.54) is 25.9 Å². The topological polar surface area (TPSA) is 33.7 Å². The van der Waals surface area contributed by atoms with Crippen molar-refractivity contribution >= 4 is 0 Å². The number of ether oxygens (including phenoxy) is 2. The third kappa shape index (κ3) is 3.35. The molecule has 3 fully saturated rings. The molecule has 2 unspecified atom stereocenters. The first-order valence-electron chi connectivity index (χ1n) is 8.23. The first kappa shape index (κ1) is 14.8. The zero-order chi connectivity index (χ0) is 14.1. The highest BCUT2D eigenvalue weighted by atomic mass is 16.6. The van der Waals surface area contributed by atoms with Crippen LogP contribution in [0.3, 0.4) is 0 Å². The molecule has 20 heavy (non-hydrogen) atoms. The maximum atomic E-state index is 6.02. The molecule has 1 N–H and O–H groups in total. The van der Waals surface area contributed by atoms with E-state index in [9.17, 15) is 0 Å². The van der Waals surface area contributed by atoms with Crippen LogP contribution in [0, 0.1) is 5.41 Å². The molecule has 0 aromatic carbocycles. The smallest absolute Gasteiger partial charge is 0.0951 e. The van der Waals surface area contributed by atoms with E-state index in [0.717, 1.165) is 45.6 Å². The minimum atomic E-state index is 0.0314. The summed E-state index contributed by atoms with van der Waals surface area (Å²) in [4.78, 5) is 2.45. The molecule has 0 bridgehead atoms. The Balaban J connectivity index is 1.48. The summed E-state index contributed by atoms with van der Waals surface area (Å²) in [5.41, 5.74) is 0.508. The van der Waals surface area contributed by atoms with Crippen molar-refractivity contribution in [3.63, 3.8) is 0 Å². The summed E-state index contributed by atoms with van der Waals surface area (Å²) in [5, 5.41) is 3.84. The Kier molecular flexibility index (Phi) is 4.37. The minimum Gasteiger partial charge on any atom is -0.378 e. The normalized spacial score (nSPS) is 38.4. The lowest BCUT2D eigenvalue weighted by Gasteiger charge is -2.41. The summed E-state index contributed by atoms with van der Waals surface area (Å²) in [5.74, 6) is 0. The number of hydrogen-bond acceptors (Lipinski definition) is 4. The maximum Gasteiger partial charge on any atom is 0.0951 e. The van der Waals surface area contributed by atoms with Crippen molar-refractivity contribution in [1.82, 2.24) is 10.2 Å². The summed E-state index contributed by atoms with van der Waals surface area (Å²) in [6.45, 7) is 8.64. The van der Waals surface area contributed by atoms with Crippen molar-refractivity contribution in [1.29, 1.82) is 0 Å². The van der Waals surface area contributed by atoms with E-state index in [2.05, 4.69) is 24.2 Å². The van der Waals surface area contributed by atoms with Crippen LogP contribution in [0.25, 0.3) is 0 Å². The Bertz CT molecular complexity index is 320. The van der Waals surface area contributed by atoms with Crippen LogP contribution < -0.4 is 5.32 Å². The van der Waals surface area contributed by atoms with Gasteiger partial charge in [-0.3, -0.25) is 0 Å². The van der Waals surface area contributed by atoms with Crippen LogP contribution in [0.2, 0.25) is 0 Å². The predicted octanol–water partition coefficient (Wildman–Crippen LogP) is 1.65. The lowest BCUT2D eigenvalue weighted by Crippen LogP contribution is -2.50. The van der Waals surface area contributed by atoms with Crippen molar-refractivity contribution in [3.8, 4) is 0 Å². The quantitative estimate of drug-likeness (QED) is 0.853. The summed E-state index contributed by atoms with van der Waals surface area (Å²) < 4.78 is 11.6. The predicted molar refractivity (Wildman–Crippen MR) is 80.0 cm³/mol. The highest BCUT2D eigenvalue weighted by Gasteiger charge is 2.41. The molecule has 0 aromatic heterocycles. The van der Waals surface area contributed by atoms with Crippen molar-refractivity contribution in [2.45, 2.75) is 50.7 Å². The van der Waals surface area contributed by atoms with Gasteiger partial charge in [0.05, 0.1) is 12.2 Å². The molecule has 0 aliphatic carbocycles. The van der Waals surface area contributed by atoms with Crippen LogP contribution in [0.5, 0.6) is 0 Å². The first-order chi connectivity index (χ1) is 9.59. The number of rotatable bonds is 3. The molecule has 0 radical (unpaired) electrons. The van der Waals surface area contributed by atoms with Gasteiger partial charge >= 0.3 is 0 Å². The van der Waals surface area contributed by atoms with E-state index >= 15 is 0 Å². The molecule has 4 nitrogen and oxygen atoms in total. The number of hydrogen-bond donors (Lipinski definition) is 1. The zero-order valence-electron chi connectivity index (χ0n) is 13.1. The molecule has 0 saturated carbocycles. The summed E-state index contributed by atoms with van der Waals surface area (Å²) in [7, 11) is 2.23. The number of nitrogens with one attached hydrogen (secondary N) is 1. The lowest BCUT2D eigenvalue weighted by molar-refractivity contribution is -0.0903. The Labute approximate surface area is 123 Å². The fourth-order valence-corrected chi connectivity index (χ4v) is 3.79. The van der Waals surface area contributed by atoms with E-state index < -0.39 is 0 Å². The van der Waals surface area contributed by atoms with Crippen molar-refractivity contribution < 1.29 is 9.47 Å². The van der Waals surface area contributed by atoms with Crippen molar-refractivity contribution in [3.05, 3.63) is 0 Å². The van der Waals surface area contributed by atoms with Crippen LogP contribution in [0.4, 0.5) is 0 Å². The van der Waals surface area contributed by atoms with Gasteiger partial charge in [-0.15, -0.1) is 0 Å². The van der Waals surface area contributed by atoms with E-state index in [-0.39, 0.29) is 5.60 Å². The molecule has 1 spiro atoms. The molecule has 116 valence electrons. The van der Waals surface area contributed by atoms with E-state index in [0.29, 0.717) is 11.5 Å². The first-order valence-corrected chi connectivity index (χ1v) is 8.23. The Hall–Kier alpha value is -0.160. The van der Waals surface area contributed by atoms with Crippen molar-refractivity contribution in [2.75, 3.05) is 46.5 Å². The number of piperidine rings is 1. The van der Waals surface area contributed by atoms with Gasteiger partial charge in [-0.05, 0) is 51.2 Å². The van der Waals surface area contributed by atoms with Gasteiger partial charge in [0.15, 0.2) is 0 Å². The standard InChI is InChI=1S/C16H30N2O2/c1-15(4-7-18(2)8-5-15)12-17-14-3-9-20-16(11-14)6-10-19-13-16/h14,17H,3-13H2,1-2H3. The molecule has 3 saturated heterocycles. The van der Waals surface area contributed by atoms with Gasteiger partial charge in [0.1, 0.15) is 0 Å². The molecule has 4 heteroatoms. The SMILES string of the molecule is CN1CCC(C)(CNC2CCOC3(CCOC3)C2)CC1. The van der Waals surface area contributed by atoms with E-state index in [1.807, 2.05) is 0 Å². The second kappa shape index (κ2) is 5.91. The number of nitrogens with zero attached hydrogens (tertiary/aromatic N) is 1. The second-order valence-electron chi connectivity index (χ2n) is 7.52. The van der Waals surface area contributed by atoms with Gasteiger partial charge in [-0.2, -0.15) is 0 Å². The van der Waals surface area contributed by atoms with Gasteiger partial charge in [0.25, 0.3) is 0 Å². The Morgan fingerprint density at radius 3 is 2.70 bits per heavy atom. The minimum absolute atomic E-state index is 0.0314. The lowest BCUT2D eigenvalue weighted by atomic mass is 9.80. The average molecular weight is 282 g/mol. The molecule has 0 amide bonds. The Morgan fingerprint density at radius 1 is 1.20 bits per heavy atom. The van der Waals surface area contributed by atoms with E-state index in [4.69, 9.17) is 9.47 Å². The largest absolute Gasteiger partial charge is 0.378 e. The molecule has 3 heterocycles. The number of likely N-dealkylation sites (tertiary alicyclic amines) is 1. The molecule has 0 aromatic rings. The second-order valence-corrected chi connectivity index (χ2v) is 7.52. The fraction of sp³-hybridized carbons (Fsp3) is 1.00. The molecule has 3 aliphatic heterocycles. The zero-order valence-corrected chi connectivity index (χ0v) is 13.1. The van der Waals surface area contributed by atoms with Crippen LogP contribution in [-0.4, -0.2) is 63.0 Å². The van der Waals surface area contributed by atoms with Gasteiger partial charge in [-0.1, -0.05) is 6.92 Å². The van der Waals surface area contributed by atoms with Gasteiger partial charge in [-0.25, -0.2) is 0 Å². The summed E-state index contributed by atoms with van der Waals surface area (Å²) >= 11 is 0. The van der Waals surface area contributed by atoms with Gasteiger partial charge < -0.3 is 19.7 Å². The third-order valence-electron chi connectivity index (χ3n) is 5.57. The highest BCUT2D eigenvalue weighted by molar-refractivity contribution is 4.94. The maximum absolute atomic E-state index is 6.02. The molecular weight excluding hydrogens is 252 g/mol. The average Bonchev–Trinajstić information content (AvgIpc) is 2.89.